The first kappa shape index (κ1) is 11.4. The third-order valence-electron chi connectivity index (χ3n) is 3.84. The molecule has 2 N–H and O–H groups in total. The summed E-state index contributed by atoms with van der Waals surface area (Å²) in [5.74, 6) is 0. The van der Waals surface area contributed by atoms with E-state index in [1.54, 1.807) is 0 Å². The maximum Gasteiger partial charge on any atom is 0.0546 e. The lowest BCUT2D eigenvalue weighted by Crippen LogP contribution is -2.48. The van der Waals surface area contributed by atoms with Crippen LogP contribution in [0.3, 0.4) is 0 Å². The van der Waals surface area contributed by atoms with Crippen molar-refractivity contribution in [1.82, 2.24) is 4.90 Å². The zero-order valence-electron chi connectivity index (χ0n) is 9.87. The molecule has 2 rings (SSSR count). The second-order valence-corrected chi connectivity index (χ2v) is 5.15. The van der Waals surface area contributed by atoms with Gasteiger partial charge in [0.15, 0.2) is 0 Å². The van der Waals surface area contributed by atoms with Crippen molar-refractivity contribution in [2.75, 3.05) is 32.8 Å². The van der Waals surface area contributed by atoms with Crippen molar-refractivity contribution in [3.63, 3.8) is 0 Å². The van der Waals surface area contributed by atoms with Crippen LogP contribution in [0.1, 0.15) is 32.6 Å². The van der Waals surface area contributed by atoms with E-state index in [2.05, 4.69) is 11.8 Å². The lowest BCUT2D eigenvalue weighted by atomic mass is 9.82. The van der Waals surface area contributed by atoms with E-state index >= 15 is 0 Å². The van der Waals surface area contributed by atoms with Gasteiger partial charge in [-0.2, -0.15) is 0 Å². The molecule has 0 spiro atoms. The Bertz CT molecular complexity index is 198. The van der Waals surface area contributed by atoms with Crippen LogP contribution in [0.15, 0.2) is 0 Å². The summed E-state index contributed by atoms with van der Waals surface area (Å²) in [4.78, 5) is 2.60. The number of hydrogen-bond acceptors (Lipinski definition) is 3. The van der Waals surface area contributed by atoms with Gasteiger partial charge < -0.3 is 10.5 Å². The van der Waals surface area contributed by atoms with E-state index in [9.17, 15) is 0 Å². The smallest absolute Gasteiger partial charge is 0.0546 e. The zero-order valence-corrected chi connectivity index (χ0v) is 9.87. The van der Waals surface area contributed by atoms with E-state index in [-0.39, 0.29) is 5.41 Å². The van der Waals surface area contributed by atoms with Gasteiger partial charge in [0, 0.05) is 31.2 Å². The minimum Gasteiger partial charge on any atom is -0.381 e. The van der Waals surface area contributed by atoms with Gasteiger partial charge in [-0.1, -0.05) is 6.92 Å². The van der Waals surface area contributed by atoms with Gasteiger partial charge in [-0.15, -0.1) is 0 Å². The van der Waals surface area contributed by atoms with Gasteiger partial charge in [0.25, 0.3) is 0 Å². The summed E-state index contributed by atoms with van der Waals surface area (Å²) in [5, 5.41) is 0. The molecule has 0 aromatic rings. The Morgan fingerprint density at radius 1 is 1.47 bits per heavy atom. The second kappa shape index (κ2) is 4.81. The van der Waals surface area contributed by atoms with Gasteiger partial charge in [0.05, 0.1) is 6.61 Å². The third kappa shape index (κ3) is 2.71. The molecule has 1 saturated carbocycles. The fourth-order valence-corrected chi connectivity index (χ4v) is 2.63. The van der Waals surface area contributed by atoms with Gasteiger partial charge in [0.1, 0.15) is 0 Å². The molecule has 2 fully saturated rings. The molecule has 0 aromatic carbocycles. The van der Waals surface area contributed by atoms with Gasteiger partial charge in [-0.05, 0) is 32.2 Å². The monoisotopic (exact) mass is 212 g/mol. The molecule has 1 aliphatic carbocycles. The van der Waals surface area contributed by atoms with Crippen molar-refractivity contribution in [2.45, 2.75) is 38.6 Å². The molecular formula is C12H24N2O. The molecule has 0 amide bonds. The summed E-state index contributed by atoms with van der Waals surface area (Å²) in [6.07, 6.45) is 5.19. The Hall–Kier alpha value is -0.120. The molecule has 15 heavy (non-hydrogen) atoms. The molecule has 1 aliphatic heterocycles. The molecule has 3 nitrogen and oxygen atoms in total. The SMILES string of the molecule is CCN(CC1(CN)CCCOC1)C1CC1. The van der Waals surface area contributed by atoms with Crippen molar-refractivity contribution in [2.24, 2.45) is 11.1 Å². The van der Waals surface area contributed by atoms with E-state index in [0.717, 1.165) is 38.9 Å². The van der Waals surface area contributed by atoms with Crippen LogP contribution in [-0.2, 0) is 4.74 Å². The highest BCUT2D eigenvalue weighted by atomic mass is 16.5. The number of ether oxygens (including phenoxy) is 1. The Balaban J connectivity index is 1.92. The van der Waals surface area contributed by atoms with Crippen LogP contribution in [0.25, 0.3) is 0 Å². The van der Waals surface area contributed by atoms with Crippen LogP contribution in [0.2, 0.25) is 0 Å². The number of nitrogens with zero attached hydrogens (tertiary/aromatic N) is 1. The Labute approximate surface area is 93.0 Å². The topological polar surface area (TPSA) is 38.5 Å². The zero-order chi connectivity index (χ0) is 10.7. The van der Waals surface area contributed by atoms with Gasteiger partial charge in [-0.25, -0.2) is 0 Å². The Morgan fingerprint density at radius 3 is 2.73 bits per heavy atom. The largest absolute Gasteiger partial charge is 0.381 e. The van der Waals surface area contributed by atoms with E-state index in [4.69, 9.17) is 10.5 Å². The first-order valence-electron chi connectivity index (χ1n) is 6.31. The summed E-state index contributed by atoms with van der Waals surface area (Å²) < 4.78 is 5.62. The molecule has 2 aliphatic rings. The molecule has 0 radical (unpaired) electrons. The van der Waals surface area contributed by atoms with Crippen molar-refractivity contribution in [3.05, 3.63) is 0 Å². The Kier molecular flexibility index (Phi) is 3.65. The number of nitrogens with two attached hydrogens (primary N) is 1. The van der Waals surface area contributed by atoms with Crippen LogP contribution in [0.4, 0.5) is 0 Å². The van der Waals surface area contributed by atoms with Crippen molar-refractivity contribution < 1.29 is 4.74 Å². The molecule has 0 bridgehead atoms. The molecule has 1 heterocycles. The van der Waals surface area contributed by atoms with Gasteiger partial charge in [-0.3, -0.25) is 4.90 Å². The van der Waals surface area contributed by atoms with Crippen LogP contribution < -0.4 is 5.73 Å². The van der Waals surface area contributed by atoms with Crippen molar-refractivity contribution in [1.29, 1.82) is 0 Å². The minimum atomic E-state index is 0.247. The standard InChI is InChI=1S/C12H24N2O/c1-2-14(11-4-5-11)9-12(8-13)6-3-7-15-10-12/h11H,2-10,13H2,1H3. The highest BCUT2D eigenvalue weighted by Crippen LogP contribution is 2.33. The Morgan fingerprint density at radius 2 is 2.27 bits per heavy atom. The molecule has 1 saturated heterocycles. The summed E-state index contributed by atoms with van der Waals surface area (Å²) in [6, 6.07) is 0.848. The van der Waals surface area contributed by atoms with E-state index < -0.39 is 0 Å². The van der Waals surface area contributed by atoms with Gasteiger partial charge in [0.2, 0.25) is 0 Å². The number of rotatable bonds is 5. The van der Waals surface area contributed by atoms with Crippen molar-refractivity contribution in [3.8, 4) is 0 Å². The van der Waals surface area contributed by atoms with Crippen molar-refractivity contribution >= 4 is 0 Å². The predicted molar refractivity (Wildman–Crippen MR) is 61.8 cm³/mol. The maximum atomic E-state index is 5.96. The summed E-state index contributed by atoms with van der Waals surface area (Å²) in [6.45, 7) is 7.13. The second-order valence-electron chi connectivity index (χ2n) is 5.15. The van der Waals surface area contributed by atoms with E-state index in [0.29, 0.717) is 0 Å². The first-order valence-corrected chi connectivity index (χ1v) is 6.31. The lowest BCUT2D eigenvalue weighted by Gasteiger charge is -2.40. The molecule has 1 unspecified atom stereocenters. The fraction of sp³-hybridized carbons (Fsp3) is 1.00. The van der Waals surface area contributed by atoms with Crippen LogP contribution in [0.5, 0.6) is 0 Å². The highest BCUT2D eigenvalue weighted by Gasteiger charge is 2.37. The minimum absolute atomic E-state index is 0.247. The third-order valence-corrected chi connectivity index (χ3v) is 3.84. The van der Waals surface area contributed by atoms with E-state index in [1.165, 1.54) is 25.7 Å². The quantitative estimate of drug-likeness (QED) is 0.745. The molecule has 3 heteroatoms. The van der Waals surface area contributed by atoms with Gasteiger partial charge >= 0.3 is 0 Å². The average Bonchev–Trinajstić information content (AvgIpc) is 3.11. The number of hydrogen-bond donors (Lipinski definition) is 1. The average molecular weight is 212 g/mol. The molecule has 88 valence electrons. The summed E-state index contributed by atoms with van der Waals surface area (Å²) in [7, 11) is 0. The van der Waals surface area contributed by atoms with Crippen LogP contribution >= 0.6 is 0 Å². The maximum absolute atomic E-state index is 5.96. The fourth-order valence-electron chi connectivity index (χ4n) is 2.63. The molecular weight excluding hydrogens is 188 g/mol. The van der Waals surface area contributed by atoms with Crippen LogP contribution in [-0.4, -0.2) is 43.8 Å². The highest BCUT2D eigenvalue weighted by molar-refractivity contribution is 4.91. The summed E-state index contributed by atoms with van der Waals surface area (Å²) in [5.41, 5.74) is 6.20. The molecule has 0 aromatic heterocycles. The lowest BCUT2D eigenvalue weighted by molar-refractivity contribution is -0.0224. The van der Waals surface area contributed by atoms with Crippen LogP contribution in [0, 0.1) is 5.41 Å². The first-order chi connectivity index (χ1) is 7.29. The molecule has 1 atom stereocenters. The van der Waals surface area contributed by atoms with E-state index in [1.807, 2.05) is 0 Å². The predicted octanol–water partition coefficient (Wildman–Crippen LogP) is 1.23. The summed E-state index contributed by atoms with van der Waals surface area (Å²) >= 11 is 0. The normalized spacial score (nSPS) is 32.2.